The van der Waals surface area contributed by atoms with Crippen LogP contribution in [-0.2, 0) is 14.8 Å². The summed E-state index contributed by atoms with van der Waals surface area (Å²) in [6, 6.07) is 1.96. The minimum atomic E-state index is -3.75. The van der Waals surface area contributed by atoms with Crippen molar-refractivity contribution in [3.63, 3.8) is 0 Å². The molecular weight excluding hydrogens is 352 g/mol. The highest BCUT2D eigenvalue weighted by Crippen LogP contribution is 2.15. The van der Waals surface area contributed by atoms with Crippen LogP contribution in [0.3, 0.4) is 0 Å². The summed E-state index contributed by atoms with van der Waals surface area (Å²) >= 11 is 0. The molecule has 0 spiro atoms. The molecule has 8 heteroatoms. The van der Waals surface area contributed by atoms with Gasteiger partial charge in [-0.15, -0.1) is 0 Å². The van der Waals surface area contributed by atoms with Crippen molar-refractivity contribution in [2.45, 2.75) is 25.7 Å². The first-order valence-electron chi connectivity index (χ1n) is 7.83. The molecule has 0 radical (unpaired) electrons. The molecule has 2 heterocycles. The fraction of sp³-hybridized carbons (Fsp3) is 0.222. The van der Waals surface area contributed by atoms with E-state index >= 15 is 0 Å². The van der Waals surface area contributed by atoms with E-state index in [-0.39, 0.29) is 4.90 Å². The van der Waals surface area contributed by atoms with Crippen molar-refractivity contribution >= 4 is 10.0 Å². The summed E-state index contributed by atoms with van der Waals surface area (Å²) in [4.78, 5) is 4.36. The van der Waals surface area contributed by atoms with Gasteiger partial charge in [-0.3, -0.25) is 4.72 Å². The highest BCUT2D eigenvalue weighted by atomic mass is 32.2. The monoisotopic (exact) mass is 374 g/mol. The summed E-state index contributed by atoms with van der Waals surface area (Å²) in [6.45, 7) is 9.08. The smallest absolute Gasteiger partial charge is 0.264 e. The molecule has 0 aliphatic carbocycles. The minimum Gasteiger partial charge on any atom is -0.497 e. The van der Waals surface area contributed by atoms with Crippen molar-refractivity contribution < 1.29 is 13.2 Å². The van der Waals surface area contributed by atoms with Crippen LogP contribution in [0.4, 0.5) is 0 Å². The molecular formula is C18H22N4O3S. The van der Waals surface area contributed by atoms with Crippen LogP contribution in [0.1, 0.15) is 18.1 Å². The van der Waals surface area contributed by atoms with Crippen LogP contribution in [0, 0.1) is 13.8 Å². The highest BCUT2D eigenvalue weighted by Gasteiger charge is 2.17. The van der Waals surface area contributed by atoms with Crippen molar-refractivity contribution in [1.82, 2.24) is 19.5 Å². The average Bonchev–Trinajstić information content (AvgIpc) is 3.06. The lowest BCUT2D eigenvalue weighted by atomic mass is 10.2. The van der Waals surface area contributed by atoms with E-state index in [1.54, 1.807) is 25.3 Å². The Morgan fingerprint density at radius 1 is 1.31 bits per heavy atom. The van der Waals surface area contributed by atoms with Gasteiger partial charge in [-0.2, -0.15) is 5.10 Å². The summed E-state index contributed by atoms with van der Waals surface area (Å²) in [5.74, 6) is 1.11. The van der Waals surface area contributed by atoms with Gasteiger partial charge in [0.2, 0.25) is 0 Å². The van der Waals surface area contributed by atoms with Crippen LogP contribution < -0.4 is 4.72 Å². The SMILES string of the molecule is C=C/C(=C\C=C(/C)NS(=O)(=O)c1cnn(-c2ncc(C)cc2C)c1)OC. The third-order valence-electron chi connectivity index (χ3n) is 3.50. The summed E-state index contributed by atoms with van der Waals surface area (Å²) in [5, 5.41) is 4.12. The van der Waals surface area contributed by atoms with E-state index in [9.17, 15) is 8.42 Å². The number of aryl methyl sites for hydroxylation is 2. The van der Waals surface area contributed by atoms with Gasteiger partial charge in [-0.05, 0) is 50.1 Å². The normalized spacial score (nSPS) is 12.8. The Labute approximate surface area is 153 Å². The first-order valence-corrected chi connectivity index (χ1v) is 9.31. The van der Waals surface area contributed by atoms with Gasteiger partial charge >= 0.3 is 0 Å². The average molecular weight is 374 g/mol. The lowest BCUT2D eigenvalue weighted by molar-refractivity contribution is 0.307. The molecule has 0 aliphatic rings. The Morgan fingerprint density at radius 2 is 2.04 bits per heavy atom. The number of methoxy groups -OCH3 is 1. The molecule has 0 aliphatic heterocycles. The zero-order valence-electron chi connectivity index (χ0n) is 15.2. The minimum absolute atomic E-state index is 0.0479. The Bertz CT molecular complexity index is 972. The quantitative estimate of drug-likeness (QED) is 0.595. The molecule has 0 amide bonds. The third kappa shape index (κ3) is 4.60. The zero-order chi connectivity index (χ0) is 19.3. The summed E-state index contributed by atoms with van der Waals surface area (Å²) in [7, 11) is -2.24. The summed E-state index contributed by atoms with van der Waals surface area (Å²) in [6.07, 6.45) is 9.17. The molecule has 7 nitrogen and oxygen atoms in total. The van der Waals surface area contributed by atoms with Crippen LogP contribution in [-0.4, -0.2) is 30.3 Å². The van der Waals surface area contributed by atoms with E-state index in [0.717, 1.165) is 11.1 Å². The number of sulfonamides is 1. The number of ether oxygens (including phenoxy) is 1. The summed E-state index contributed by atoms with van der Waals surface area (Å²) in [5.41, 5.74) is 2.36. The molecule has 0 unspecified atom stereocenters. The predicted molar refractivity (Wildman–Crippen MR) is 100 cm³/mol. The molecule has 0 saturated heterocycles. The Kier molecular flexibility index (Phi) is 5.99. The van der Waals surface area contributed by atoms with Crippen LogP contribution in [0.2, 0.25) is 0 Å². The predicted octanol–water partition coefficient (Wildman–Crippen LogP) is 2.78. The maximum absolute atomic E-state index is 12.5. The summed E-state index contributed by atoms with van der Waals surface area (Å²) < 4.78 is 34.0. The molecule has 138 valence electrons. The standard InChI is InChI=1S/C18H22N4O3S/c1-6-16(25-5)8-7-15(4)21-26(23,24)17-11-20-22(12-17)18-14(3)9-13(2)10-19-18/h6-12,21H,1H2,2-5H3/b15-7+,16-8+. The van der Waals surface area contributed by atoms with E-state index in [0.29, 0.717) is 17.3 Å². The van der Waals surface area contributed by atoms with Gasteiger partial charge < -0.3 is 4.74 Å². The number of rotatable bonds is 7. The second-order valence-electron chi connectivity index (χ2n) is 5.71. The molecule has 0 atom stereocenters. The van der Waals surface area contributed by atoms with Crippen molar-refractivity contribution in [3.05, 3.63) is 72.0 Å². The van der Waals surface area contributed by atoms with Gasteiger partial charge in [0.05, 0.1) is 19.5 Å². The van der Waals surface area contributed by atoms with Crippen molar-refractivity contribution in [2.75, 3.05) is 7.11 Å². The van der Waals surface area contributed by atoms with Crippen molar-refractivity contribution in [1.29, 1.82) is 0 Å². The van der Waals surface area contributed by atoms with Gasteiger partial charge in [-0.25, -0.2) is 18.1 Å². The number of hydrogen-bond donors (Lipinski definition) is 1. The van der Waals surface area contributed by atoms with Gasteiger partial charge in [0, 0.05) is 11.9 Å². The highest BCUT2D eigenvalue weighted by molar-refractivity contribution is 7.89. The van der Waals surface area contributed by atoms with Crippen molar-refractivity contribution in [3.8, 4) is 5.82 Å². The van der Waals surface area contributed by atoms with Gasteiger partial charge in [0.15, 0.2) is 5.82 Å². The van der Waals surface area contributed by atoms with E-state index in [1.807, 2.05) is 19.9 Å². The second-order valence-corrected chi connectivity index (χ2v) is 7.39. The zero-order valence-corrected chi connectivity index (χ0v) is 16.0. The molecule has 26 heavy (non-hydrogen) atoms. The van der Waals surface area contributed by atoms with Crippen LogP contribution in [0.5, 0.6) is 0 Å². The lowest BCUT2D eigenvalue weighted by Gasteiger charge is -2.06. The fourth-order valence-electron chi connectivity index (χ4n) is 2.24. The third-order valence-corrected chi connectivity index (χ3v) is 4.93. The van der Waals surface area contributed by atoms with E-state index in [4.69, 9.17) is 4.74 Å². The van der Waals surface area contributed by atoms with Gasteiger partial charge in [0.25, 0.3) is 10.0 Å². The number of hydrogen-bond acceptors (Lipinski definition) is 5. The topological polar surface area (TPSA) is 86.1 Å². The molecule has 2 aromatic heterocycles. The van der Waals surface area contributed by atoms with E-state index in [2.05, 4.69) is 21.4 Å². The number of allylic oxidation sites excluding steroid dienone is 4. The second kappa shape index (κ2) is 8.01. The maximum atomic E-state index is 12.5. The van der Waals surface area contributed by atoms with Crippen LogP contribution >= 0.6 is 0 Å². The first kappa shape index (κ1) is 19.5. The number of nitrogens with one attached hydrogen (secondary N) is 1. The fourth-order valence-corrected chi connectivity index (χ4v) is 3.27. The number of pyridine rings is 1. The van der Waals surface area contributed by atoms with E-state index in [1.165, 1.54) is 30.3 Å². The van der Waals surface area contributed by atoms with Crippen LogP contribution in [0.15, 0.2) is 65.8 Å². The molecule has 0 saturated carbocycles. The maximum Gasteiger partial charge on any atom is 0.264 e. The Morgan fingerprint density at radius 3 is 2.65 bits per heavy atom. The molecule has 0 fully saturated rings. The van der Waals surface area contributed by atoms with Crippen molar-refractivity contribution in [2.24, 2.45) is 0 Å². The molecule has 2 rings (SSSR count). The van der Waals surface area contributed by atoms with Gasteiger partial charge in [0.1, 0.15) is 10.7 Å². The largest absolute Gasteiger partial charge is 0.497 e. The molecule has 0 bridgehead atoms. The number of aromatic nitrogens is 3. The first-order chi connectivity index (χ1) is 12.3. The molecule has 1 N–H and O–H groups in total. The Balaban J connectivity index is 2.25. The Hall–Kier alpha value is -2.87. The number of nitrogens with zero attached hydrogens (tertiary/aromatic N) is 3. The van der Waals surface area contributed by atoms with Crippen LogP contribution in [0.25, 0.3) is 5.82 Å². The molecule has 0 aromatic carbocycles. The van der Waals surface area contributed by atoms with Gasteiger partial charge in [-0.1, -0.05) is 12.6 Å². The van der Waals surface area contributed by atoms with E-state index < -0.39 is 10.0 Å². The molecule has 2 aromatic rings. The lowest BCUT2D eigenvalue weighted by Crippen LogP contribution is -2.21.